The van der Waals surface area contributed by atoms with Crippen molar-refractivity contribution in [3.05, 3.63) is 52.6 Å². The summed E-state index contributed by atoms with van der Waals surface area (Å²) in [6, 6.07) is 5.08. The number of ether oxygens (including phenoxy) is 1. The lowest BCUT2D eigenvalue weighted by atomic mass is 9.66. The number of phenolic OH excluding ortho intramolecular Hbond substituents is 1. The van der Waals surface area contributed by atoms with E-state index in [-0.39, 0.29) is 29.3 Å². The second-order valence-corrected chi connectivity index (χ2v) is 9.74. The fourth-order valence-electron chi connectivity index (χ4n) is 5.06. The minimum atomic E-state index is 0.0115. The molecule has 1 N–H and O–H groups in total. The van der Waals surface area contributed by atoms with Gasteiger partial charge in [0.1, 0.15) is 5.75 Å². The quantitative estimate of drug-likeness (QED) is 0.567. The molecule has 170 valence electrons. The van der Waals surface area contributed by atoms with Crippen molar-refractivity contribution in [3.63, 3.8) is 0 Å². The lowest BCUT2D eigenvalue weighted by molar-refractivity contribution is -0.0113. The monoisotopic (exact) mass is 425 g/mol. The highest BCUT2D eigenvalue weighted by Crippen LogP contribution is 2.48. The van der Waals surface area contributed by atoms with E-state index < -0.39 is 0 Å². The highest BCUT2D eigenvalue weighted by atomic mass is 16.5. The van der Waals surface area contributed by atoms with Crippen LogP contribution < -0.4 is 0 Å². The first kappa shape index (κ1) is 23.6. The second-order valence-electron chi connectivity index (χ2n) is 9.74. The van der Waals surface area contributed by atoms with Crippen LogP contribution in [0.1, 0.15) is 81.6 Å². The van der Waals surface area contributed by atoms with Gasteiger partial charge >= 0.3 is 0 Å². The number of hydrogen-bond acceptors (Lipinski definition) is 3. The highest BCUT2D eigenvalue weighted by Gasteiger charge is 2.39. The van der Waals surface area contributed by atoms with Crippen LogP contribution in [-0.2, 0) is 4.74 Å². The van der Waals surface area contributed by atoms with Gasteiger partial charge < -0.3 is 14.7 Å². The normalized spacial score (nSPS) is 23.6. The Morgan fingerprint density at radius 3 is 2.81 bits per heavy atom. The van der Waals surface area contributed by atoms with Crippen LogP contribution in [-0.4, -0.2) is 41.7 Å². The van der Waals surface area contributed by atoms with Crippen molar-refractivity contribution in [2.24, 2.45) is 5.41 Å². The average Bonchev–Trinajstić information content (AvgIpc) is 2.98. The number of nitrogens with zero attached hydrogens (tertiary/aromatic N) is 1. The molecule has 0 bridgehead atoms. The highest BCUT2D eigenvalue weighted by molar-refractivity contribution is 5.94. The fourth-order valence-corrected chi connectivity index (χ4v) is 5.06. The van der Waals surface area contributed by atoms with Crippen LogP contribution in [0.5, 0.6) is 5.75 Å². The van der Waals surface area contributed by atoms with E-state index in [0.29, 0.717) is 5.56 Å². The van der Waals surface area contributed by atoms with Gasteiger partial charge in [-0.3, -0.25) is 4.79 Å². The lowest BCUT2D eigenvalue weighted by Gasteiger charge is -2.43. The molecule has 1 unspecified atom stereocenters. The Hall–Kier alpha value is -2.07. The van der Waals surface area contributed by atoms with E-state index in [1.54, 1.807) is 23.8 Å². The van der Waals surface area contributed by atoms with Crippen molar-refractivity contribution >= 4 is 5.91 Å². The summed E-state index contributed by atoms with van der Waals surface area (Å²) in [6.45, 7) is 9.07. The first-order chi connectivity index (χ1) is 14.7. The molecule has 1 aromatic rings. The number of rotatable bonds is 7. The van der Waals surface area contributed by atoms with Gasteiger partial charge in [-0.15, -0.1) is 0 Å². The van der Waals surface area contributed by atoms with Gasteiger partial charge in [-0.25, -0.2) is 0 Å². The Morgan fingerprint density at radius 1 is 1.35 bits per heavy atom. The molecule has 0 spiro atoms. The first-order valence-electron chi connectivity index (χ1n) is 11.8. The molecule has 0 fully saturated rings. The molecule has 0 saturated heterocycles. The van der Waals surface area contributed by atoms with Crippen LogP contribution in [0, 0.1) is 12.3 Å². The van der Waals surface area contributed by atoms with Gasteiger partial charge in [0.25, 0.3) is 5.91 Å². The zero-order valence-corrected chi connectivity index (χ0v) is 19.9. The maximum atomic E-state index is 13.0. The third kappa shape index (κ3) is 5.60. The minimum Gasteiger partial charge on any atom is -0.508 e. The molecule has 0 aliphatic heterocycles. The Morgan fingerprint density at radius 2 is 2.13 bits per heavy atom. The summed E-state index contributed by atoms with van der Waals surface area (Å²) in [5.74, 6) is 0.238. The molecule has 0 saturated carbocycles. The van der Waals surface area contributed by atoms with Gasteiger partial charge in [-0.05, 0) is 100 Å². The van der Waals surface area contributed by atoms with Gasteiger partial charge in [0.05, 0.1) is 12.2 Å². The van der Waals surface area contributed by atoms with E-state index in [0.717, 1.165) is 50.6 Å². The SMILES string of the molecule is CCC1(CCN(C)C(=O)c2ccc(O)c(C)c2)CC2=C(C=CCCC2)[C@@H](OC(C)C)C1. The summed E-state index contributed by atoms with van der Waals surface area (Å²) in [5, 5.41) is 9.76. The van der Waals surface area contributed by atoms with E-state index in [1.165, 1.54) is 12.0 Å². The van der Waals surface area contributed by atoms with Gasteiger partial charge in [-0.2, -0.15) is 0 Å². The molecule has 0 aromatic heterocycles. The standard InChI is InChI=1S/C27H39NO3/c1-6-27(14-15-28(5)26(30)21-12-13-24(29)20(4)16-21)17-22-10-8-7-9-11-23(22)25(18-27)31-19(2)3/h9,11-13,16,19,25,29H,6-8,10,14-15,17-18H2,1-5H3/t25-,27?/m0/s1. The van der Waals surface area contributed by atoms with Crippen LogP contribution >= 0.6 is 0 Å². The van der Waals surface area contributed by atoms with E-state index in [2.05, 4.69) is 32.9 Å². The molecule has 4 heteroatoms. The van der Waals surface area contributed by atoms with E-state index in [1.807, 2.05) is 18.9 Å². The van der Waals surface area contributed by atoms with Crippen LogP contribution in [0.2, 0.25) is 0 Å². The molecule has 2 atom stereocenters. The molecule has 0 heterocycles. The molecule has 2 aliphatic rings. The summed E-state index contributed by atoms with van der Waals surface area (Å²) < 4.78 is 6.41. The molecule has 1 aromatic carbocycles. The topological polar surface area (TPSA) is 49.8 Å². The summed E-state index contributed by atoms with van der Waals surface area (Å²) in [6.07, 6.45) is 12.7. The number of aryl methyl sites for hydroxylation is 1. The van der Waals surface area contributed by atoms with Crippen LogP contribution in [0.3, 0.4) is 0 Å². The first-order valence-corrected chi connectivity index (χ1v) is 11.8. The number of hydrogen-bond donors (Lipinski definition) is 1. The van der Waals surface area contributed by atoms with Gasteiger partial charge in [0.2, 0.25) is 0 Å². The molecule has 4 nitrogen and oxygen atoms in total. The Balaban J connectivity index is 1.75. The summed E-state index contributed by atoms with van der Waals surface area (Å²) >= 11 is 0. The molecule has 0 radical (unpaired) electrons. The maximum Gasteiger partial charge on any atom is 0.253 e. The Kier molecular flexibility index (Phi) is 7.64. The van der Waals surface area contributed by atoms with Crippen molar-refractivity contribution in [2.75, 3.05) is 13.6 Å². The second kappa shape index (κ2) is 10.0. The van der Waals surface area contributed by atoms with Crippen molar-refractivity contribution in [2.45, 2.75) is 84.8 Å². The summed E-state index contributed by atoms with van der Waals surface area (Å²) in [7, 11) is 1.89. The Bertz CT molecular complexity index is 854. The summed E-state index contributed by atoms with van der Waals surface area (Å²) in [4.78, 5) is 14.8. The zero-order chi connectivity index (χ0) is 22.6. The average molecular weight is 426 g/mol. The van der Waals surface area contributed by atoms with Crippen molar-refractivity contribution in [3.8, 4) is 5.75 Å². The van der Waals surface area contributed by atoms with Gasteiger partial charge in [0.15, 0.2) is 0 Å². The number of benzene rings is 1. The number of amides is 1. The number of carbonyl (C=O) groups is 1. The predicted molar refractivity (Wildman–Crippen MR) is 126 cm³/mol. The molecule has 31 heavy (non-hydrogen) atoms. The van der Waals surface area contributed by atoms with E-state index in [4.69, 9.17) is 4.74 Å². The number of aromatic hydroxyl groups is 1. The maximum absolute atomic E-state index is 13.0. The fraction of sp³-hybridized carbons (Fsp3) is 0.593. The van der Waals surface area contributed by atoms with Crippen molar-refractivity contribution < 1.29 is 14.6 Å². The third-order valence-corrected chi connectivity index (χ3v) is 7.06. The number of carbonyl (C=O) groups excluding carboxylic acids is 1. The molecule has 1 amide bonds. The summed E-state index contributed by atoms with van der Waals surface area (Å²) in [5.41, 5.74) is 4.50. The zero-order valence-electron chi connectivity index (χ0n) is 19.9. The third-order valence-electron chi connectivity index (χ3n) is 7.06. The largest absolute Gasteiger partial charge is 0.508 e. The van der Waals surface area contributed by atoms with Crippen molar-refractivity contribution in [1.82, 2.24) is 4.90 Å². The van der Waals surface area contributed by atoms with E-state index in [9.17, 15) is 9.90 Å². The van der Waals surface area contributed by atoms with Gasteiger partial charge in [-0.1, -0.05) is 24.6 Å². The van der Waals surface area contributed by atoms with Crippen molar-refractivity contribution in [1.29, 1.82) is 0 Å². The molecule has 2 aliphatic carbocycles. The van der Waals surface area contributed by atoms with Crippen LogP contribution in [0.4, 0.5) is 0 Å². The number of phenols is 1. The predicted octanol–water partition coefficient (Wildman–Crippen LogP) is 6.18. The molecular weight excluding hydrogens is 386 g/mol. The molecular formula is C27H39NO3. The lowest BCUT2D eigenvalue weighted by Crippen LogP contribution is -2.39. The van der Waals surface area contributed by atoms with Gasteiger partial charge in [0, 0.05) is 19.2 Å². The smallest absolute Gasteiger partial charge is 0.253 e. The Labute approximate surface area is 188 Å². The minimum absolute atomic E-state index is 0.0115. The molecule has 3 rings (SSSR count). The number of allylic oxidation sites excluding steroid dienone is 2. The van der Waals surface area contributed by atoms with E-state index >= 15 is 0 Å². The van der Waals surface area contributed by atoms with Crippen LogP contribution in [0.15, 0.2) is 41.5 Å². The van der Waals surface area contributed by atoms with Crippen LogP contribution in [0.25, 0.3) is 0 Å².